The maximum Gasteiger partial charge on any atom is 0.262 e. The highest BCUT2D eigenvalue weighted by molar-refractivity contribution is 6.18. The number of methoxy groups -OCH3 is 1. The Balaban J connectivity index is 1.90. The molecule has 1 aromatic carbocycles. The maximum absolute atomic E-state index is 12.6. The topological polar surface area (TPSA) is 70.6 Å². The van der Waals surface area contributed by atoms with Crippen molar-refractivity contribution < 1.29 is 9.53 Å². The van der Waals surface area contributed by atoms with E-state index in [1.54, 1.807) is 19.2 Å². The van der Waals surface area contributed by atoms with Crippen molar-refractivity contribution in [2.45, 2.75) is 19.8 Å². The molecule has 0 aliphatic carbocycles. The van der Waals surface area contributed by atoms with Crippen molar-refractivity contribution in [3.8, 4) is 5.75 Å². The standard InChI is InChI=1S/C15H16N4O2/c1-9-8-13(17-16-9)14-10(2)18-19(15(14)20)11-4-6-12(21-3)7-5-11/h4-8,14H,1-3H3,(H,16,17). The fraction of sp³-hybridized carbons (Fsp3) is 0.267. The van der Waals surface area contributed by atoms with E-state index in [-0.39, 0.29) is 5.91 Å². The lowest BCUT2D eigenvalue weighted by molar-refractivity contribution is -0.118. The van der Waals surface area contributed by atoms with Crippen molar-refractivity contribution in [3.63, 3.8) is 0 Å². The number of ether oxygens (including phenoxy) is 1. The number of carbonyl (C=O) groups is 1. The molecular formula is C15H16N4O2. The molecule has 0 bridgehead atoms. The molecule has 108 valence electrons. The van der Waals surface area contributed by atoms with Gasteiger partial charge in [0, 0.05) is 5.69 Å². The molecule has 0 spiro atoms. The summed E-state index contributed by atoms with van der Waals surface area (Å²) in [4.78, 5) is 12.6. The van der Waals surface area contributed by atoms with Crippen LogP contribution in [0.25, 0.3) is 0 Å². The minimum absolute atomic E-state index is 0.0934. The second-order valence-electron chi connectivity index (χ2n) is 5.00. The first-order valence-corrected chi connectivity index (χ1v) is 6.65. The molecule has 2 aromatic rings. The first-order valence-electron chi connectivity index (χ1n) is 6.65. The third-order valence-corrected chi connectivity index (χ3v) is 3.47. The van der Waals surface area contributed by atoms with E-state index in [1.807, 2.05) is 32.0 Å². The number of aromatic amines is 1. The number of hydrogen-bond donors (Lipinski definition) is 1. The molecule has 1 N–H and O–H groups in total. The Labute approximate surface area is 122 Å². The van der Waals surface area contributed by atoms with Crippen LogP contribution < -0.4 is 9.75 Å². The fourth-order valence-corrected chi connectivity index (χ4v) is 2.40. The zero-order chi connectivity index (χ0) is 15.0. The molecule has 2 heterocycles. The van der Waals surface area contributed by atoms with Crippen molar-refractivity contribution in [3.05, 3.63) is 41.7 Å². The second-order valence-corrected chi connectivity index (χ2v) is 5.00. The zero-order valence-corrected chi connectivity index (χ0v) is 12.1. The monoisotopic (exact) mass is 284 g/mol. The van der Waals surface area contributed by atoms with Crippen LogP contribution in [0.4, 0.5) is 5.69 Å². The lowest BCUT2D eigenvalue weighted by Gasteiger charge is -2.13. The van der Waals surface area contributed by atoms with Gasteiger partial charge in [-0.3, -0.25) is 9.89 Å². The van der Waals surface area contributed by atoms with E-state index in [0.717, 1.165) is 22.8 Å². The smallest absolute Gasteiger partial charge is 0.262 e. The number of hydrogen-bond acceptors (Lipinski definition) is 4. The van der Waals surface area contributed by atoms with Crippen LogP contribution in [0.2, 0.25) is 0 Å². The first-order chi connectivity index (χ1) is 10.1. The molecule has 1 aromatic heterocycles. The van der Waals surface area contributed by atoms with Crippen molar-refractivity contribution >= 4 is 17.3 Å². The summed E-state index contributed by atoms with van der Waals surface area (Å²) in [7, 11) is 1.61. The van der Waals surface area contributed by atoms with E-state index in [2.05, 4.69) is 15.3 Å². The van der Waals surface area contributed by atoms with Crippen molar-refractivity contribution in [2.24, 2.45) is 5.10 Å². The molecule has 0 saturated carbocycles. The molecule has 6 heteroatoms. The Morgan fingerprint density at radius 2 is 1.95 bits per heavy atom. The van der Waals surface area contributed by atoms with E-state index in [4.69, 9.17) is 4.74 Å². The van der Waals surface area contributed by atoms with Crippen LogP contribution in [0.15, 0.2) is 35.4 Å². The first kappa shape index (κ1) is 13.4. The normalized spacial score (nSPS) is 18.0. The van der Waals surface area contributed by atoms with Gasteiger partial charge in [0.1, 0.15) is 11.7 Å². The number of aryl methyl sites for hydroxylation is 1. The highest BCUT2D eigenvalue weighted by atomic mass is 16.5. The number of hydrazone groups is 1. The van der Waals surface area contributed by atoms with Crippen molar-refractivity contribution in [2.75, 3.05) is 12.1 Å². The van der Waals surface area contributed by atoms with Gasteiger partial charge in [-0.15, -0.1) is 0 Å². The second kappa shape index (κ2) is 5.05. The summed E-state index contributed by atoms with van der Waals surface area (Å²) < 4.78 is 5.12. The Morgan fingerprint density at radius 3 is 2.52 bits per heavy atom. The Kier molecular flexibility index (Phi) is 3.21. The number of nitrogens with one attached hydrogen (secondary N) is 1. The molecule has 1 amide bonds. The molecule has 21 heavy (non-hydrogen) atoms. The lowest BCUT2D eigenvalue weighted by Crippen LogP contribution is -2.25. The summed E-state index contributed by atoms with van der Waals surface area (Å²) in [5, 5.41) is 12.8. The van der Waals surface area contributed by atoms with Crippen LogP contribution in [-0.2, 0) is 4.79 Å². The van der Waals surface area contributed by atoms with Crippen molar-refractivity contribution in [1.29, 1.82) is 0 Å². The molecule has 0 saturated heterocycles. The van der Waals surface area contributed by atoms with Crippen LogP contribution in [-0.4, -0.2) is 28.9 Å². The minimum Gasteiger partial charge on any atom is -0.497 e. The highest BCUT2D eigenvalue weighted by Gasteiger charge is 2.37. The summed E-state index contributed by atoms with van der Waals surface area (Å²) in [6.07, 6.45) is 0. The summed E-state index contributed by atoms with van der Waals surface area (Å²) in [5.74, 6) is 0.229. The number of rotatable bonds is 3. The number of H-pyrrole nitrogens is 1. The molecule has 1 aliphatic heterocycles. The number of nitrogens with zero attached hydrogens (tertiary/aromatic N) is 3. The van der Waals surface area contributed by atoms with Crippen LogP contribution in [0.5, 0.6) is 5.75 Å². The number of aromatic nitrogens is 2. The molecular weight excluding hydrogens is 268 g/mol. The summed E-state index contributed by atoms with van der Waals surface area (Å²) in [6.45, 7) is 3.75. The number of anilines is 1. The Hall–Kier alpha value is -2.63. The third kappa shape index (κ3) is 2.29. The van der Waals surface area contributed by atoms with Gasteiger partial charge < -0.3 is 4.74 Å². The number of amides is 1. The van der Waals surface area contributed by atoms with Gasteiger partial charge in [-0.1, -0.05) is 0 Å². The van der Waals surface area contributed by atoms with Crippen LogP contribution >= 0.6 is 0 Å². The molecule has 1 unspecified atom stereocenters. The Bertz CT molecular complexity index is 703. The number of carbonyl (C=O) groups excluding carboxylic acids is 1. The molecule has 1 atom stereocenters. The average Bonchev–Trinajstić information content (AvgIpc) is 3.02. The van der Waals surface area contributed by atoms with Crippen LogP contribution in [0.1, 0.15) is 24.2 Å². The lowest BCUT2D eigenvalue weighted by atomic mass is 10.0. The van der Waals surface area contributed by atoms with Crippen LogP contribution in [0, 0.1) is 6.92 Å². The van der Waals surface area contributed by atoms with E-state index in [0.29, 0.717) is 5.69 Å². The van der Waals surface area contributed by atoms with Gasteiger partial charge >= 0.3 is 0 Å². The predicted octanol–water partition coefficient (Wildman–Crippen LogP) is 2.23. The third-order valence-electron chi connectivity index (χ3n) is 3.47. The molecule has 6 nitrogen and oxygen atoms in total. The summed E-state index contributed by atoms with van der Waals surface area (Å²) >= 11 is 0. The molecule has 3 rings (SSSR count). The zero-order valence-electron chi connectivity index (χ0n) is 12.1. The van der Waals surface area contributed by atoms with E-state index in [9.17, 15) is 4.79 Å². The van der Waals surface area contributed by atoms with E-state index < -0.39 is 5.92 Å². The molecule has 0 fully saturated rings. The number of benzene rings is 1. The van der Waals surface area contributed by atoms with Crippen LogP contribution in [0.3, 0.4) is 0 Å². The predicted molar refractivity (Wildman–Crippen MR) is 79.7 cm³/mol. The quantitative estimate of drug-likeness (QED) is 0.939. The van der Waals surface area contributed by atoms with Crippen molar-refractivity contribution in [1.82, 2.24) is 10.2 Å². The highest BCUT2D eigenvalue weighted by Crippen LogP contribution is 2.30. The van der Waals surface area contributed by atoms with Gasteiger partial charge in [0.15, 0.2) is 0 Å². The Morgan fingerprint density at radius 1 is 1.24 bits per heavy atom. The van der Waals surface area contributed by atoms with Gasteiger partial charge in [-0.05, 0) is 44.2 Å². The maximum atomic E-state index is 12.6. The minimum atomic E-state index is -0.419. The summed E-state index contributed by atoms with van der Waals surface area (Å²) in [5.41, 5.74) is 3.08. The van der Waals surface area contributed by atoms with E-state index >= 15 is 0 Å². The summed E-state index contributed by atoms with van der Waals surface area (Å²) in [6, 6.07) is 9.11. The largest absolute Gasteiger partial charge is 0.497 e. The van der Waals surface area contributed by atoms with Gasteiger partial charge in [-0.2, -0.15) is 15.2 Å². The fourth-order valence-electron chi connectivity index (χ4n) is 2.40. The molecule has 1 aliphatic rings. The van der Waals surface area contributed by atoms with E-state index in [1.165, 1.54) is 5.01 Å². The average molecular weight is 284 g/mol. The SMILES string of the molecule is COc1ccc(N2N=C(C)C(c3cc(C)[nH]n3)C2=O)cc1. The van der Waals surface area contributed by atoms with Gasteiger partial charge in [0.25, 0.3) is 5.91 Å². The molecule has 0 radical (unpaired) electrons. The van der Waals surface area contributed by atoms with Gasteiger partial charge in [0.05, 0.1) is 24.2 Å². The van der Waals surface area contributed by atoms with Gasteiger partial charge in [0.2, 0.25) is 0 Å². The van der Waals surface area contributed by atoms with Gasteiger partial charge in [-0.25, -0.2) is 0 Å².